The molecule has 1 fully saturated rings. The van der Waals surface area contributed by atoms with Gasteiger partial charge in [-0.2, -0.15) is 0 Å². The molecule has 0 saturated carbocycles. The minimum atomic E-state index is -0.206. The lowest BCUT2D eigenvalue weighted by Crippen LogP contribution is -3.27. The van der Waals surface area contributed by atoms with Crippen molar-refractivity contribution < 1.29 is 23.7 Å². The van der Waals surface area contributed by atoms with E-state index in [9.17, 15) is 4.79 Å². The Balaban J connectivity index is 1.13. The number of H-pyrrole nitrogens is 1. The number of fused-ring (bicyclic) bond motifs is 4. The summed E-state index contributed by atoms with van der Waals surface area (Å²) in [7, 11) is 0. The first kappa shape index (κ1) is 18.4. The third kappa shape index (κ3) is 3.43. The Morgan fingerprint density at radius 2 is 1.71 bits per heavy atom. The zero-order valence-electron chi connectivity index (χ0n) is 17.1. The standard InChI is InChI=1S/C23H22N4O4/c28-23-22-21(16-3-1-2-4-17(16)31-22)24-20(25-23)13-27-9-7-26(8-10-27)12-15-5-6-18-19(11-15)30-14-29-18/h1-6,11H,7-10,12-14H2,(H,24,25,28)/p+2. The number of para-hydroxylation sites is 1. The average Bonchev–Trinajstić information content (AvgIpc) is 3.40. The minimum absolute atomic E-state index is 0.206. The zero-order chi connectivity index (χ0) is 20.8. The number of hydrogen-bond donors (Lipinski definition) is 3. The summed E-state index contributed by atoms with van der Waals surface area (Å²) in [5.74, 6) is 2.40. The largest absolute Gasteiger partial charge is 0.454 e. The van der Waals surface area contributed by atoms with Crippen molar-refractivity contribution in [2.45, 2.75) is 13.1 Å². The Labute approximate surface area is 178 Å². The first-order chi connectivity index (χ1) is 15.2. The minimum Gasteiger partial charge on any atom is -0.454 e. The maximum absolute atomic E-state index is 12.5. The van der Waals surface area contributed by atoms with Crippen molar-refractivity contribution in [3.05, 3.63) is 64.2 Å². The molecule has 0 amide bonds. The van der Waals surface area contributed by atoms with Gasteiger partial charge < -0.3 is 28.7 Å². The monoisotopic (exact) mass is 420 g/mol. The van der Waals surface area contributed by atoms with Crippen LogP contribution in [0.4, 0.5) is 0 Å². The van der Waals surface area contributed by atoms with Crippen LogP contribution in [0, 0.1) is 0 Å². The highest BCUT2D eigenvalue weighted by Gasteiger charge is 2.25. The molecule has 0 spiro atoms. The SMILES string of the molecule is O=c1[nH]c(C[NH+]2CC[NH+](Cc3ccc4c(c3)OCO4)CC2)nc2c1oc1ccccc12. The zero-order valence-corrected chi connectivity index (χ0v) is 17.1. The number of nitrogens with one attached hydrogen (secondary N) is 3. The van der Waals surface area contributed by atoms with Gasteiger partial charge in [0.05, 0.1) is 0 Å². The van der Waals surface area contributed by atoms with Gasteiger partial charge in [-0.25, -0.2) is 4.98 Å². The van der Waals surface area contributed by atoms with E-state index in [1.165, 1.54) is 10.5 Å². The molecule has 2 aliphatic heterocycles. The molecule has 158 valence electrons. The summed E-state index contributed by atoms with van der Waals surface area (Å²) in [4.78, 5) is 23.2. The third-order valence-electron chi connectivity index (χ3n) is 6.25. The van der Waals surface area contributed by atoms with E-state index < -0.39 is 0 Å². The normalized spacial score (nSPS) is 20.5. The predicted octanol–water partition coefficient (Wildman–Crippen LogP) is -0.118. The molecule has 1 saturated heterocycles. The first-order valence-corrected chi connectivity index (χ1v) is 10.7. The molecular weight excluding hydrogens is 396 g/mol. The van der Waals surface area contributed by atoms with Crippen LogP contribution in [-0.2, 0) is 13.1 Å². The van der Waals surface area contributed by atoms with Crippen molar-refractivity contribution in [1.82, 2.24) is 9.97 Å². The number of nitrogens with zero attached hydrogens (tertiary/aromatic N) is 1. The highest BCUT2D eigenvalue weighted by molar-refractivity contribution is 6.01. The molecule has 31 heavy (non-hydrogen) atoms. The number of furan rings is 1. The second kappa shape index (κ2) is 7.40. The maximum atomic E-state index is 12.5. The van der Waals surface area contributed by atoms with Crippen LogP contribution < -0.4 is 24.8 Å². The fraction of sp³-hybridized carbons (Fsp3) is 0.304. The van der Waals surface area contributed by atoms with Gasteiger partial charge in [-0.05, 0) is 30.3 Å². The number of piperazine rings is 1. The van der Waals surface area contributed by atoms with E-state index in [0.29, 0.717) is 30.0 Å². The van der Waals surface area contributed by atoms with E-state index in [2.05, 4.69) is 17.1 Å². The van der Waals surface area contributed by atoms with Gasteiger partial charge in [0.2, 0.25) is 12.4 Å². The van der Waals surface area contributed by atoms with Crippen LogP contribution in [0.1, 0.15) is 11.4 Å². The van der Waals surface area contributed by atoms with E-state index in [1.54, 1.807) is 4.90 Å². The van der Waals surface area contributed by atoms with Crippen molar-refractivity contribution in [2.75, 3.05) is 33.0 Å². The van der Waals surface area contributed by atoms with E-state index in [4.69, 9.17) is 18.9 Å². The number of quaternary nitrogens is 2. The summed E-state index contributed by atoms with van der Waals surface area (Å²) in [6.45, 7) is 6.22. The molecular formula is C23H24N4O4+2. The van der Waals surface area contributed by atoms with Gasteiger partial charge in [-0.15, -0.1) is 0 Å². The van der Waals surface area contributed by atoms with Crippen molar-refractivity contribution in [3.8, 4) is 11.5 Å². The molecule has 2 aromatic carbocycles. The van der Waals surface area contributed by atoms with Gasteiger partial charge >= 0.3 is 0 Å². The molecule has 0 unspecified atom stereocenters. The topological polar surface area (TPSA) is 86.2 Å². The van der Waals surface area contributed by atoms with Crippen LogP contribution in [0.25, 0.3) is 22.1 Å². The fourth-order valence-electron chi connectivity index (χ4n) is 4.62. The second-order valence-electron chi connectivity index (χ2n) is 8.33. The summed E-state index contributed by atoms with van der Waals surface area (Å²) in [5, 5.41) is 0.887. The van der Waals surface area contributed by atoms with E-state index >= 15 is 0 Å². The Kier molecular flexibility index (Phi) is 4.40. The van der Waals surface area contributed by atoms with Crippen LogP contribution in [0.15, 0.2) is 51.7 Å². The highest BCUT2D eigenvalue weighted by Crippen LogP contribution is 2.32. The highest BCUT2D eigenvalue weighted by atomic mass is 16.7. The average molecular weight is 420 g/mol. The summed E-state index contributed by atoms with van der Waals surface area (Å²) >= 11 is 0. The van der Waals surface area contributed by atoms with Crippen LogP contribution >= 0.6 is 0 Å². The molecule has 0 radical (unpaired) electrons. The van der Waals surface area contributed by atoms with Crippen molar-refractivity contribution in [2.24, 2.45) is 0 Å². The molecule has 4 aromatic rings. The molecule has 2 aromatic heterocycles. The number of rotatable bonds is 4. The van der Waals surface area contributed by atoms with Crippen molar-refractivity contribution >= 4 is 22.1 Å². The molecule has 0 aliphatic carbocycles. The molecule has 3 N–H and O–H groups in total. The number of hydrogen-bond acceptors (Lipinski definition) is 5. The lowest BCUT2D eigenvalue weighted by atomic mass is 10.1. The summed E-state index contributed by atoms with van der Waals surface area (Å²) < 4.78 is 16.6. The number of benzene rings is 2. The quantitative estimate of drug-likeness (QED) is 0.429. The smallest absolute Gasteiger partial charge is 0.294 e. The van der Waals surface area contributed by atoms with Gasteiger partial charge in [0, 0.05) is 10.9 Å². The summed E-state index contributed by atoms with van der Waals surface area (Å²) in [5.41, 5.74) is 2.72. The van der Waals surface area contributed by atoms with Gasteiger partial charge in [-0.3, -0.25) is 4.79 Å². The summed E-state index contributed by atoms with van der Waals surface area (Å²) in [6, 6.07) is 13.9. The van der Waals surface area contributed by atoms with Crippen LogP contribution in [0.3, 0.4) is 0 Å². The molecule has 6 rings (SSSR count). The molecule has 8 heteroatoms. The summed E-state index contributed by atoms with van der Waals surface area (Å²) in [6.07, 6.45) is 0. The van der Waals surface area contributed by atoms with Gasteiger partial charge in [0.15, 0.2) is 17.3 Å². The van der Waals surface area contributed by atoms with Gasteiger partial charge in [-0.1, -0.05) is 12.1 Å². The molecule has 8 nitrogen and oxygen atoms in total. The Bertz CT molecular complexity index is 1320. The van der Waals surface area contributed by atoms with E-state index in [0.717, 1.165) is 55.4 Å². The van der Waals surface area contributed by atoms with E-state index in [1.807, 2.05) is 30.3 Å². The maximum Gasteiger partial charge on any atom is 0.294 e. The molecule has 2 aliphatic rings. The van der Waals surface area contributed by atoms with Gasteiger partial charge in [0.25, 0.3) is 5.56 Å². The molecule has 0 bridgehead atoms. The number of ether oxygens (including phenoxy) is 2. The molecule has 4 heterocycles. The Hall–Kier alpha value is -3.36. The second-order valence-corrected chi connectivity index (χ2v) is 8.33. The van der Waals surface area contributed by atoms with Crippen LogP contribution in [-0.4, -0.2) is 42.9 Å². The Morgan fingerprint density at radius 1 is 0.935 bits per heavy atom. The van der Waals surface area contributed by atoms with Crippen LogP contribution in [0.5, 0.6) is 11.5 Å². The van der Waals surface area contributed by atoms with Gasteiger partial charge in [0.1, 0.15) is 50.4 Å². The number of aromatic amines is 1. The first-order valence-electron chi connectivity index (χ1n) is 10.7. The van der Waals surface area contributed by atoms with Crippen molar-refractivity contribution in [3.63, 3.8) is 0 Å². The van der Waals surface area contributed by atoms with Crippen LogP contribution in [0.2, 0.25) is 0 Å². The lowest BCUT2D eigenvalue weighted by Gasteiger charge is -2.29. The van der Waals surface area contributed by atoms with Crippen molar-refractivity contribution in [1.29, 1.82) is 0 Å². The predicted molar refractivity (Wildman–Crippen MR) is 114 cm³/mol. The van der Waals surface area contributed by atoms with E-state index in [-0.39, 0.29) is 5.56 Å². The molecule has 0 atom stereocenters. The lowest BCUT2D eigenvalue weighted by molar-refractivity contribution is -1.02. The third-order valence-corrected chi connectivity index (χ3v) is 6.25. The Morgan fingerprint density at radius 3 is 2.58 bits per heavy atom. The number of aromatic nitrogens is 2. The fourth-order valence-corrected chi connectivity index (χ4v) is 4.62.